The summed E-state index contributed by atoms with van der Waals surface area (Å²) in [6.45, 7) is 2.02. The number of thiazole rings is 1. The fourth-order valence-corrected chi connectivity index (χ4v) is 3.42. The summed E-state index contributed by atoms with van der Waals surface area (Å²) >= 11 is 1.35. The molecule has 0 saturated carbocycles. The second-order valence-corrected chi connectivity index (χ2v) is 6.72. The number of aryl methyl sites for hydroxylation is 1. The molecule has 122 valence electrons. The van der Waals surface area contributed by atoms with Crippen molar-refractivity contribution in [1.82, 2.24) is 14.6 Å². The summed E-state index contributed by atoms with van der Waals surface area (Å²) in [7, 11) is 0. The first kappa shape index (κ1) is 15.5. The molecule has 4 rings (SSSR count). The van der Waals surface area contributed by atoms with Gasteiger partial charge in [-0.05, 0) is 24.6 Å². The number of nitrogens with zero attached hydrogens (tertiary/aromatic N) is 3. The molecule has 0 unspecified atom stereocenters. The highest BCUT2D eigenvalue weighted by Gasteiger charge is 2.11. The largest absolute Gasteiger partial charge is 0.291 e. The second kappa shape index (κ2) is 6.45. The molecular weight excluding hydrogens is 330 g/mol. The average molecular weight is 345 g/mol. The lowest BCUT2D eigenvalue weighted by atomic mass is 10.1. The summed E-state index contributed by atoms with van der Waals surface area (Å²) in [5, 5.41) is 4.37. The predicted molar refractivity (Wildman–Crippen MR) is 102 cm³/mol. The molecule has 2 aromatic carbocycles. The Morgan fingerprint density at radius 2 is 1.92 bits per heavy atom. The summed E-state index contributed by atoms with van der Waals surface area (Å²) in [5.74, 6) is 0.582. The predicted octanol–water partition coefficient (Wildman–Crippen LogP) is 3.34. The van der Waals surface area contributed by atoms with Gasteiger partial charge >= 0.3 is 0 Å². The lowest BCUT2D eigenvalue weighted by molar-refractivity contribution is 0.937. The van der Waals surface area contributed by atoms with E-state index < -0.39 is 0 Å². The molecule has 0 saturated heterocycles. The van der Waals surface area contributed by atoms with Crippen LogP contribution < -0.4 is 10.1 Å². The quantitative estimate of drug-likeness (QED) is 0.572. The number of benzene rings is 2. The minimum atomic E-state index is -0.135. The van der Waals surface area contributed by atoms with Crippen molar-refractivity contribution in [2.24, 2.45) is 0 Å². The summed E-state index contributed by atoms with van der Waals surface area (Å²) in [6, 6.07) is 17.9. The van der Waals surface area contributed by atoms with Gasteiger partial charge in [-0.15, -0.1) is 5.10 Å². The van der Waals surface area contributed by atoms with Gasteiger partial charge in [-0.3, -0.25) is 4.79 Å². The van der Waals surface area contributed by atoms with Crippen molar-refractivity contribution in [1.29, 1.82) is 0 Å². The first-order valence-corrected chi connectivity index (χ1v) is 8.72. The molecule has 0 aliphatic heterocycles. The molecule has 2 heterocycles. The molecule has 0 fully saturated rings. The standard InChI is InChI=1S/C20H15N3OS/c1-14-7-5-11-16(13-14)18-21-20-23(22-18)19(24)17(25-20)12-6-10-15-8-3-2-4-9-15/h2-13H,1H3/b10-6+,17-12-. The van der Waals surface area contributed by atoms with E-state index in [0.717, 1.165) is 16.7 Å². The van der Waals surface area contributed by atoms with Gasteiger partial charge in [0.05, 0.1) is 4.53 Å². The molecule has 0 aliphatic carbocycles. The summed E-state index contributed by atoms with van der Waals surface area (Å²) in [4.78, 5) is 17.6. The highest BCUT2D eigenvalue weighted by molar-refractivity contribution is 7.15. The van der Waals surface area contributed by atoms with Crippen LogP contribution in [0.4, 0.5) is 0 Å². The minimum absolute atomic E-state index is 0.135. The van der Waals surface area contributed by atoms with E-state index in [-0.39, 0.29) is 5.56 Å². The van der Waals surface area contributed by atoms with Crippen LogP contribution in [0.1, 0.15) is 11.1 Å². The number of hydrogen-bond acceptors (Lipinski definition) is 4. The Morgan fingerprint density at radius 1 is 1.08 bits per heavy atom. The third-order valence-electron chi connectivity index (χ3n) is 3.79. The maximum Gasteiger partial charge on any atom is 0.291 e. The van der Waals surface area contributed by atoms with Crippen LogP contribution in [0.25, 0.3) is 28.5 Å². The molecule has 0 bridgehead atoms. The van der Waals surface area contributed by atoms with Crippen LogP contribution >= 0.6 is 11.3 Å². The van der Waals surface area contributed by atoms with Crippen LogP contribution in [0.15, 0.2) is 65.5 Å². The zero-order valence-electron chi connectivity index (χ0n) is 13.6. The molecule has 0 radical (unpaired) electrons. The first-order valence-electron chi connectivity index (χ1n) is 7.91. The van der Waals surface area contributed by atoms with E-state index in [1.807, 2.05) is 79.7 Å². The van der Waals surface area contributed by atoms with Crippen molar-refractivity contribution in [2.75, 3.05) is 0 Å². The van der Waals surface area contributed by atoms with Crippen molar-refractivity contribution in [3.63, 3.8) is 0 Å². The summed E-state index contributed by atoms with van der Waals surface area (Å²) in [5.41, 5.74) is 3.01. The van der Waals surface area contributed by atoms with Crippen molar-refractivity contribution in [3.8, 4) is 11.4 Å². The molecule has 4 aromatic rings. The summed E-state index contributed by atoms with van der Waals surface area (Å²) < 4.78 is 2.00. The van der Waals surface area contributed by atoms with Gasteiger partial charge in [0, 0.05) is 5.56 Å². The molecule has 0 aliphatic rings. The molecule has 0 amide bonds. The zero-order valence-corrected chi connectivity index (χ0v) is 14.4. The first-order chi connectivity index (χ1) is 12.2. The Bertz CT molecular complexity index is 1170. The van der Waals surface area contributed by atoms with Crippen LogP contribution in [-0.2, 0) is 0 Å². The maximum absolute atomic E-state index is 12.5. The van der Waals surface area contributed by atoms with E-state index in [1.54, 1.807) is 0 Å². The molecular formula is C20H15N3OS. The lowest BCUT2D eigenvalue weighted by Gasteiger charge is -1.95. The Labute approximate surface area is 148 Å². The lowest BCUT2D eigenvalue weighted by Crippen LogP contribution is -2.23. The Hall–Kier alpha value is -3.05. The highest BCUT2D eigenvalue weighted by atomic mass is 32.1. The number of aromatic nitrogens is 3. The van der Waals surface area contributed by atoms with Crippen LogP contribution in [0.5, 0.6) is 0 Å². The second-order valence-electron chi connectivity index (χ2n) is 5.71. The molecule has 25 heavy (non-hydrogen) atoms. The minimum Gasteiger partial charge on any atom is -0.266 e. The molecule has 0 atom stereocenters. The van der Waals surface area contributed by atoms with E-state index in [4.69, 9.17) is 0 Å². The van der Waals surface area contributed by atoms with Gasteiger partial charge in [-0.2, -0.15) is 9.50 Å². The summed E-state index contributed by atoms with van der Waals surface area (Å²) in [6.07, 6.45) is 5.65. The molecule has 0 spiro atoms. The van der Waals surface area contributed by atoms with Gasteiger partial charge in [-0.1, -0.05) is 77.6 Å². The molecule has 4 nitrogen and oxygen atoms in total. The third-order valence-corrected chi connectivity index (χ3v) is 4.77. The van der Waals surface area contributed by atoms with Gasteiger partial charge in [0.2, 0.25) is 4.96 Å². The SMILES string of the molecule is Cc1cccc(-c2nc3s/c(=C\C=C\c4ccccc4)c(=O)n3n2)c1. The Kier molecular flexibility index (Phi) is 3.99. The zero-order chi connectivity index (χ0) is 17.2. The van der Waals surface area contributed by atoms with Gasteiger partial charge in [0.25, 0.3) is 5.56 Å². The van der Waals surface area contributed by atoms with Gasteiger partial charge < -0.3 is 0 Å². The van der Waals surface area contributed by atoms with E-state index in [0.29, 0.717) is 15.3 Å². The van der Waals surface area contributed by atoms with Crippen molar-refractivity contribution in [3.05, 3.63) is 86.7 Å². The Balaban J connectivity index is 1.70. The topological polar surface area (TPSA) is 47.3 Å². The van der Waals surface area contributed by atoms with Crippen molar-refractivity contribution < 1.29 is 0 Å². The third kappa shape index (κ3) is 3.14. The average Bonchev–Trinajstić information content (AvgIpc) is 3.16. The van der Waals surface area contributed by atoms with Crippen LogP contribution in [0.3, 0.4) is 0 Å². The molecule has 0 N–H and O–H groups in total. The monoisotopic (exact) mass is 345 g/mol. The van der Waals surface area contributed by atoms with E-state index in [2.05, 4.69) is 10.1 Å². The fourth-order valence-electron chi connectivity index (χ4n) is 2.57. The molecule has 2 aromatic heterocycles. The van der Waals surface area contributed by atoms with Gasteiger partial charge in [-0.25, -0.2) is 0 Å². The van der Waals surface area contributed by atoms with E-state index >= 15 is 0 Å². The highest BCUT2D eigenvalue weighted by Crippen LogP contribution is 2.17. The Morgan fingerprint density at radius 3 is 2.68 bits per heavy atom. The number of rotatable bonds is 3. The van der Waals surface area contributed by atoms with E-state index in [9.17, 15) is 4.79 Å². The van der Waals surface area contributed by atoms with Crippen molar-refractivity contribution in [2.45, 2.75) is 6.92 Å². The van der Waals surface area contributed by atoms with Crippen LogP contribution in [-0.4, -0.2) is 14.6 Å². The fraction of sp³-hybridized carbons (Fsp3) is 0.0500. The van der Waals surface area contributed by atoms with E-state index in [1.165, 1.54) is 15.9 Å². The number of hydrogen-bond donors (Lipinski definition) is 0. The normalized spacial score (nSPS) is 12.4. The van der Waals surface area contributed by atoms with Crippen molar-refractivity contribution >= 4 is 28.4 Å². The number of allylic oxidation sites excluding steroid dienone is 1. The van der Waals surface area contributed by atoms with Crippen LogP contribution in [0.2, 0.25) is 0 Å². The maximum atomic E-state index is 12.5. The smallest absolute Gasteiger partial charge is 0.266 e. The van der Waals surface area contributed by atoms with Gasteiger partial charge in [0.15, 0.2) is 5.82 Å². The van der Waals surface area contributed by atoms with Gasteiger partial charge in [0.1, 0.15) is 0 Å². The van der Waals surface area contributed by atoms with Crippen LogP contribution in [0, 0.1) is 6.92 Å². The molecule has 5 heteroatoms. The number of fused-ring (bicyclic) bond motifs is 1.